The molecule has 0 bridgehead atoms. The van der Waals surface area contributed by atoms with Crippen molar-refractivity contribution in [3.05, 3.63) is 76.8 Å². The van der Waals surface area contributed by atoms with Crippen molar-refractivity contribution >= 4 is 33.9 Å². The molecule has 1 aliphatic heterocycles. The highest BCUT2D eigenvalue weighted by atomic mass is 32.2. The van der Waals surface area contributed by atoms with Crippen molar-refractivity contribution in [2.45, 2.75) is 24.3 Å². The molecule has 2 aromatic carbocycles. The van der Waals surface area contributed by atoms with E-state index in [1.165, 1.54) is 16.0 Å². The highest BCUT2D eigenvalue weighted by Gasteiger charge is 2.31. The van der Waals surface area contributed by atoms with E-state index in [1.807, 2.05) is 13.0 Å². The van der Waals surface area contributed by atoms with E-state index in [2.05, 4.69) is 70.2 Å². The Kier molecular flexibility index (Phi) is 4.59. The number of anilines is 1. The maximum Gasteiger partial charge on any atom is 0.206 e. The molecule has 0 radical (unpaired) electrons. The number of thiazole rings is 1. The Morgan fingerprint density at radius 1 is 1.08 bits per heavy atom. The number of hydrazone groups is 1. The minimum absolute atomic E-state index is 0.191. The molecule has 1 atom stereocenters. The number of hydrogen-bond acceptors (Lipinski definition) is 5. The third-order valence-electron chi connectivity index (χ3n) is 4.32. The topological polar surface area (TPSA) is 28.5 Å². The Hall–Kier alpha value is -2.11. The number of thioether (sulfide) groups is 1. The first kappa shape index (κ1) is 16.4. The standard InChI is InChI=1S/C20H19N3S2/c1-14-13-25-20(21-14)23-19(16-8-10-17(24-2)11-9-16)12-18(22-23)15-6-4-3-5-7-15/h3-11,13,19H,12H2,1-2H3/t19-/m0/s1. The van der Waals surface area contributed by atoms with Crippen LogP contribution in [0.4, 0.5) is 5.13 Å². The summed E-state index contributed by atoms with van der Waals surface area (Å²) in [6.07, 6.45) is 2.99. The quantitative estimate of drug-likeness (QED) is 0.569. The molecular formula is C20H19N3S2. The fraction of sp³-hybridized carbons (Fsp3) is 0.200. The first-order valence-corrected chi connectivity index (χ1v) is 10.3. The summed E-state index contributed by atoms with van der Waals surface area (Å²) in [6, 6.07) is 19.4. The largest absolute Gasteiger partial charge is 0.231 e. The lowest BCUT2D eigenvalue weighted by atomic mass is 9.99. The summed E-state index contributed by atoms with van der Waals surface area (Å²) in [6.45, 7) is 2.03. The number of hydrogen-bond donors (Lipinski definition) is 0. The van der Waals surface area contributed by atoms with E-state index >= 15 is 0 Å². The van der Waals surface area contributed by atoms with Crippen molar-refractivity contribution in [2.24, 2.45) is 5.10 Å². The minimum Gasteiger partial charge on any atom is -0.231 e. The highest BCUT2D eigenvalue weighted by molar-refractivity contribution is 7.98. The van der Waals surface area contributed by atoms with Crippen molar-refractivity contribution in [1.82, 2.24) is 4.98 Å². The SMILES string of the molecule is CSc1ccc([C@@H]2CC(c3ccccc3)=NN2c2nc(C)cs2)cc1. The molecule has 5 heteroatoms. The molecule has 0 spiro atoms. The lowest BCUT2D eigenvalue weighted by Gasteiger charge is -2.21. The van der Waals surface area contributed by atoms with Gasteiger partial charge in [0.05, 0.1) is 17.4 Å². The van der Waals surface area contributed by atoms with Gasteiger partial charge in [-0.1, -0.05) is 42.5 Å². The van der Waals surface area contributed by atoms with Crippen LogP contribution in [-0.4, -0.2) is 17.0 Å². The minimum atomic E-state index is 0.191. The second-order valence-electron chi connectivity index (χ2n) is 6.02. The zero-order valence-electron chi connectivity index (χ0n) is 14.2. The molecule has 126 valence electrons. The third-order valence-corrected chi connectivity index (χ3v) is 6.01. The predicted molar refractivity (Wildman–Crippen MR) is 108 cm³/mol. The van der Waals surface area contributed by atoms with E-state index in [1.54, 1.807) is 23.1 Å². The van der Waals surface area contributed by atoms with Crippen LogP contribution in [0.2, 0.25) is 0 Å². The second-order valence-corrected chi connectivity index (χ2v) is 7.74. The van der Waals surface area contributed by atoms with E-state index in [4.69, 9.17) is 5.10 Å². The van der Waals surface area contributed by atoms with Gasteiger partial charge in [-0.25, -0.2) is 9.99 Å². The molecule has 1 aliphatic rings. The number of nitrogens with zero attached hydrogens (tertiary/aromatic N) is 3. The summed E-state index contributed by atoms with van der Waals surface area (Å²) < 4.78 is 0. The van der Waals surface area contributed by atoms with Crippen LogP contribution in [0, 0.1) is 6.92 Å². The van der Waals surface area contributed by atoms with E-state index in [0.29, 0.717) is 0 Å². The Bertz CT molecular complexity index is 885. The molecular weight excluding hydrogens is 346 g/mol. The average molecular weight is 366 g/mol. The van der Waals surface area contributed by atoms with Gasteiger partial charge in [-0.2, -0.15) is 5.10 Å². The Balaban J connectivity index is 1.72. The first-order valence-electron chi connectivity index (χ1n) is 8.23. The lowest BCUT2D eigenvalue weighted by molar-refractivity contribution is 0.705. The molecule has 0 amide bonds. The van der Waals surface area contributed by atoms with Crippen molar-refractivity contribution in [2.75, 3.05) is 11.3 Å². The van der Waals surface area contributed by atoms with Gasteiger partial charge < -0.3 is 0 Å². The summed E-state index contributed by atoms with van der Waals surface area (Å²) in [4.78, 5) is 5.94. The Morgan fingerprint density at radius 2 is 1.84 bits per heavy atom. The summed E-state index contributed by atoms with van der Waals surface area (Å²) in [5.74, 6) is 0. The molecule has 0 N–H and O–H groups in total. The van der Waals surface area contributed by atoms with Gasteiger partial charge in [-0.15, -0.1) is 23.1 Å². The van der Waals surface area contributed by atoms with Gasteiger partial charge in [0.25, 0.3) is 0 Å². The Morgan fingerprint density at radius 3 is 2.48 bits per heavy atom. The summed E-state index contributed by atoms with van der Waals surface area (Å²) >= 11 is 3.42. The highest BCUT2D eigenvalue weighted by Crippen LogP contribution is 2.38. The first-order chi connectivity index (χ1) is 12.2. The second kappa shape index (κ2) is 7.02. The van der Waals surface area contributed by atoms with Crippen molar-refractivity contribution < 1.29 is 0 Å². The van der Waals surface area contributed by atoms with Gasteiger partial charge in [-0.3, -0.25) is 0 Å². The summed E-state index contributed by atoms with van der Waals surface area (Å²) in [5.41, 5.74) is 4.62. The molecule has 0 aliphatic carbocycles. The van der Waals surface area contributed by atoms with E-state index in [-0.39, 0.29) is 6.04 Å². The number of benzene rings is 2. The van der Waals surface area contributed by atoms with E-state index in [0.717, 1.165) is 23.0 Å². The normalized spacial score (nSPS) is 17.0. The zero-order chi connectivity index (χ0) is 17.2. The summed E-state index contributed by atoms with van der Waals surface area (Å²) in [5, 5.41) is 10.1. The maximum absolute atomic E-state index is 4.93. The van der Waals surface area contributed by atoms with Gasteiger partial charge >= 0.3 is 0 Å². The van der Waals surface area contributed by atoms with E-state index < -0.39 is 0 Å². The molecule has 1 aromatic heterocycles. The molecule has 4 rings (SSSR count). The van der Waals surface area contributed by atoms with Gasteiger partial charge in [-0.05, 0) is 36.4 Å². The van der Waals surface area contributed by atoms with E-state index in [9.17, 15) is 0 Å². The van der Waals surface area contributed by atoms with Gasteiger partial charge in [0.15, 0.2) is 0 Å². The van der Waals surface area contributed by atoms with Crippen LogP contribution in [0.3, 0.4) is 0 Å². The molecule has 25 heavy (non-hydrogen) atoms. The Labute approximate surface area is 156 Å². The molecule has 0 unspecified atom stereocenters. The smallest absolute Gasteiger partial charge is 0.206 e. The molecule has 0 fully saturated rings. The molecule has 0 saturated carbocycles. The van der Waals surface area contributed by atoms with Crippen molar-refractivity contribution in [3.63, 3.8) is 0 Å². The molecule has 0 saturated heterocycles. The number of aromatic nitrogens is 1. The summed E-state index contributed by atoms with van der Waals surface area (Å²) in [7, 11) is 0. The third kappa shape index (κ3) is 3.34. The lowest BCUT2D eigenvalue weighted by Crippen LogP contribution is -2.18. The fourth-order valence-electron chi connectivity index (χ4n) is 3.02. The van der Waals surface area contributed by atoms with Crippen LogP contribution in [0.25, 0.3) is 0 Å². The van der Waals surface area contributed by atoms with Crippen LogP contribution in [0.1, 0.15) is 29.3 Å². The van der Waals surface area contributed by atoms with Gasteiger partial charge in [0.1, 0.15) is 0 Å². The maximum atomic E-state index is 4.93. The molecule has 2 heterocycles. The predicted octanol–water partition coefficient (Wildman–Crippen LogP) is 5.53. The monoisotopic (exact) mass is 365 g/mol. The van der Waals surface area contributed by atoms with Crippen LogP contribution >= 0.6 is 23.1 Å². The van der Waals surface area contributed by atoms with Crippen molar-refractivity contribution in [1.29, 1.82) is 0 Å². The fourth-order valence-corrected chi connectivity index (χ4v) is 4.23. The number of aryl methyl sites for hydroxylation is 1. The average Bonchev–Trinajstić information content (AvgIpc) is 3.29. The van der Waals surface area contributed by atoms with Crippen LogP contribution in [0.5, 0.6) is 0 Å². The molecule has 3 nitrogen and oxygen atoms in total. The van der Waals surface area contributed by atoms with Gasteiger partial charge in [0.2, 0.25) is 5.13 Å². The molecule has 3 aromatic rings. The van der Waals surface area contributed by atoms with Crippen LogP contribution in [0.15, 0.2) is 70.0 Å². The van der Waals surface area contributed by atoms with Crippen LogP contribution in [-0.2, 0) is 0 Å². The number of rotatable bonds is 4. The van der Waals surface area contributed by atoms with Crippen molar-refractivity contribution in [3.8, 4) is 0 Å². The zero-order valence-corrected chi connectivity index (χ0v) is 15.8. The van der Waals surface area contributed by atoms with Gasteiger partial charge in [0, 0.05) is 16.7 Å². The van der Waals surface area contributed by atoms with Crippen LogP contribution < -0.4 is 5.01 Å².